The minimum Gasteiger partial charge on any atom is -0.504 e. The molecule has 1 aromatic carbocycles. The van der Waals surface area contributed by atoms with Crippen LogP contribution in [0.3, 0.4) is 0 Å². The quantitative estimate of drug-likeness (QED) is 0.712. The van der Waals surface area contributed by atoms with Crippen molar-refractivity contribution in [3.05, 3.63) is 34.5 Å². The molecular formula is C22H26N2O4. The molecule has 1 aromatic rings. The Morgan fingerprint density at radius 1 is 1.25 bits per heavy atom. The van der Waals surface area contributed by atoms with E-state index in [-0.39, 0.29) is 23.6 Å². The van der Waals surface area contributed by atoms with E-state index >= 15 is 0 Å². The molecule has 0 radical (unpaired) electrons. The first-order valence-corrected chi connectivity index (χ1v) is 10.2. The predicted octanol–water partition coefficient (Wildman–Crippen LogP) is 1.54. The largest absolute Gasteiger partial charge is 0.504 e. The molecule has 3 aliphatic heterocycles. The predicted molar refractivity (Wildman–Crippen MR) is 102 cm³/mol. The summed E-state index contributed by atoms with van der Waals surface area (Å²) in [5, 5.41) is 22.9. The van der Waals surface area contributed by atoms with E-state index in [2.05, 4.69) is 11.9 Å². The average Bonchev–Trinajstić information content (AvgIpc) is 2.99. The van der Waals surface area contributed by atoms with Gasteiger partial charge < -0.3 is 24.7 Å². The summed E-state index contributed by atoms with van der Waals surface area (Å²) < 4.78 is 6.45. The van der Waals surface area contributed by atoms with Gasteiger partial charge in [-0.2, -0.15) is 0 Å². The molecule has 1 saturated heterocycles. The number of carbonyl (C=O) groups is 1. The topological polar surface area (TPSA) is 73.2 Å². The maximum atomic E-state index is 12.8. The molecule has 1 amide bonds. The van der Waals surface area contributed by atoms with Gasteiger partial charge in [-0.1, -0.05) is 13.0 Å². The maximum Gasteiger partial charge on any atom is 0.229 e. The second-order valence-corrected chi connectivity index (χ2v) is 9.46. The zero-order chi connectivity index (χ0) is 19.6. The number of ether oxygens (including phenoxy) is 1. The van der Waals surface area contributed by atoms with Crippen molar-refractivity contribution in [1.29, 1.82) is 0 Å². The molecule has 6 heteroatoms. The molecule has 1 spiro atoms. The SMILES string of the molecule is C[C@@H]1CC2=C([C@@H]3Oc4c(O)ccc5c4[C@@]34CCN(C)[C@H](C5)[C@]4(O)C2)N(C)C1=O. The Hall–Kier alpha value is -2.05. The van der Waals surface area contributed by atoms with Gasteiger partial charge in [-0.05, 0) is 50.1 Å². The van der Waals surface area contributed by atoms with E-state index in [1.165, 1.54) is 0 Å². The number of rotatable bonds is 0. The van der Waals surface area contributed by atoms with E-state index < -0.39 is 17.1 Å². The lowest BCUT2D eigenvalue weighted by Gasteiger charge is -2.63. The molecule has 28 heavy (non-hydrogen) atoms. The third-order valence-electron chi connectivity index (χ3n) is 8.24. The number of carbonyl (C=O) groups excluding carboxylic acids is 1. The van der Waals surface area contributed by atoms with Gasteiger partial charge in [0.1, 0.15) is 0 Å². The van der Waals surface area contributed by atoms with E-state index in [4.69, 9.17) is 4.74 Å². The number of hydrogen-bond donors (Lipinski definition) is 2. The summed E-state index contributed by atoms with van der Waals surface area (Å²) in [6, 6.07) is 3.69. The first-order chi connectivity index (χ1) is 13.3. The molecule has 6 nitrogen and oxygen atoms in total. The number of fused-ring (bicyclic) bond motifs is 1. The van der Waals surface area contributed by atoms with Crippen LogP contribution in [0.1, 0.15) is 37.3 Å². The molecule has 5 aliphatic rings. The zero-order valence-corrected chi connectivity index (χ0v) is 16.5. The van der Waals surface area contributed by atoms with Crippen molar-refractivity contribution in [3.8, 4) is 11.5 Å². The summed E-state index contributed by atoms with van der Waals surface area (Å²) >= 11 is 0. The lowest BCUT2D eigenvalue weighted by atomic mass is 9.48. The number of phenols is 1. The highest BCUT2D eigenvalue weighted by Crippen LogP contribution is 2.67. The standard InChI is InChI=1S/C22H26N2O4/c1-11-8-13-10-22(27)15-9-12-4-5-14(25)18-16(12)21(22,6-7-23(15)2)19(28-18)17(13)24(3)20(11)26/h4-5,11,15,19,25,27H,6-10H2,1-3H3/t11-,15-,19+,21+,22-/m1/s1. The Bertz CT molecular complexity index is 972. The van der Waals surface area contributed by atoms with Crippen LogP contribution in [0, 0.1) is 5.92 Å². The molecule has 0 aromatic heterocycles. The van der Waals surface area contributed by atoms with Crippen LogP contribution >= 0.6 is 0 Å². The summed E-state index contributed by atoms with van der Waals surface area (Å²) in [7, 11) is 3.92. The second kappa shape index (κ2) is 4.92. The molecule has 2 bridgehead atoms. The first-order valence-electron chi connectivity index (χ1n) is 10.2. The van der Waals surface area contributed by atoms with Crippen molar-refractivity contribution in [3.63, 3.8) is 0 Å². The number of benzene rings is 1. The zero-order valence-electron chi connectivity index (χ0n) is 16.5. The van der Waals surface area contributed by atoms with Gasteiger partial charge in [-0.25, -0.2) is 0 Å². The van der Waals surface area contributed by atoms with Gasteiger partial charge in [0, 0.05) is 31.0 Å². The van der Waals surface area contributed by atoms with E-state index in [0.717, 1.165) is 41.8 Å². The molecule has 0 unspecified atom stereocenters. The third-order valence-corrected chi connectivity index (χ3v) is 8.24. The van der Waals surface area contributed by atoms with Gasteiger partial charge in [-0.3, -0.25) is 4.79 Å². The summed E-state index contributed by atoms with van der Waals surface area (Å²) in [6.07, 6.45) is 2.30. The molecule has 6 rings (SSSR count). The highest BCUT2D eigenvalue weighted by atomic mass is 16.5. The van der Waals surface area contributed by atoms with Crippen LogP contribution in [0.15, 0.2) is 23.4 Å². The van der Waals surface area contributed by atoms with E-state index in [0.29, 0.717) is 18.6 Å². The maximum absolute atomic E-state index is 12.8. The highest BCUT2D eigenvalue weighted by Gasteiger charge is 2.73. The van der Waals surface area contributed by atoms with Crippen LogP contribution in [0.4, 0.5) is 0 Å². The van der Waals surface area contributed by atoms with Crippen LogP contribution < -0.4 is 4.74 Å². The molecular weight excluding hydrogens is 356 g/mol. The number of phenolic OH excluding ortho intramolecular Hbond substituents is 1. The van der Waals surface area contributed by atoms with E-state index in [1.807, 2.05) is 20.0 Å². The Morgan fingerprint density at radius 2 is 2.04 bits per heavy atom. The molecule has 2 N–H and O–H groups in total. The number of amides is 1. The molecule has 1 fully saturated rings. The Kier molecular flexibility index (Phi) is 2.96. The monoisotopic (exact) mass is 382 g/mol. The number of nitrogens with zero attached hydrogens (tertiary/aromatic N) is 2. The fourth-order valence-corrected chi connectivity index (χ4v) is 7.02. The van der Waals surface area contributed by atoms with Crippen molar-refractivity contribution in [1.82, 2.24) is 9.80 Å². The van der Waals surface area contributed by atoms with Gasteiger partial charge in [0.25, 0.3) is 0 Å². The minimum atomic E-state index is -0.962. The second-order valence-electron chi connectivity index (χ2n) is 9.46. The van der Waals surface area contributed by atoms with Crippen LogP contribution in [0.5, 0.6) is 11.5 Å². The molecule has 2 aliphatic carbocycles. The van der Waals surface area contributed by atoms with E-state index in [9.17, 15) is 15.0 Å². The number of hydrogen-bond acceptors (Lipinski definition) is 5. The average molecular weight is 382 g/mol. The summed E-state index contributed by atoms with van der Waals surface area (Å²) in [5.41, 5.74) is 2.61. The third kappa shape index (κ3) is 1.59. The van der Waals surface area contributed by atoms with Crippen molar-refractivity contribution in [2.45, 2.75) is 55.8 Å². The van der Waals surface area contributed by atoms with Crippen LogP contribution in [0.25, 0.3) is 0 Å². The summed E-state index contributed by atoms with van der Waals surface area (Å²) in [4.78, 5) is 16.8. The lowest BCUT2D eigenvalue weighted by molar-refractivity contribution is -0.168. The minimum absolute atomic E-state index is 0.00244. The van der Waals surface area contributed by atoms with Crippen molar-refractivity contribution >= 4 is 5.91 Å². The van der Waals surface area contributed by atoms with Gasteiger partial charge in [0.2, 0.25) is 5.91 Å². The Balaban J connectivity index is 1.68. The first kappa shape index (κ1) is 16.9. The van der Waals surface area contributed by atoms with E-state index in [1.54, 1.807) is 11.0 Å². The normalized spacial score (nSPS) is 40.9. The van der Waals surface area contributed by atoms with Crippen molar-refractivity contribution < 1.29 is 19.7 Å². The Labute approximate surface area is 164 Å². The fourth-order valence-electron chi connectivity index (χ4n) is 7.02. The number of aliphatic hydroxyl groups is 1. The molecule has 148 valence electrons. The summed E-state index contributed by atoms with van der Waals surface area (Å²) in [5.74, 6) is 0.653. The van der Waals surface area contributed by atoms with Gasteiger partial charge in [0.15, 0.2) is 17.6 Å². The number of piperidine rings is 1. The van der Waals surface area contributed by atoms with Gasteiger partial charge in [-0.15, -0.1) is 0 Å². The number of likely N-dealkylation sites (tertiary alicyclic amines) is 1. The van der Waals surface area contributed by atoms with Gasteiger partial charge in [0.05, 0.1) is 16.7 Å². The van der Waals surface area contributed by atoms with Crippen LogP contribution in [-0.4, -0.2) is 64.3 Å². The number of likely N-dealkylation sites (N-methyl/N-ethyl adjacent to an activating group) is 2. The Morgan fingerprint density at radius 3 is 2.82 bits per heavy atom. The molecule has 5 atom stereocenters. The van der Waals surface area contributed by atoms with Gasteiger partial charge >= 0.3 is 0 Å². The fraction of sp³-hybridized carbons (Fsp3) is 0.591. The molecule has 0 saturated carbocycles. The highest BCUT2D eigenvalue weighted by molar-refractivity contribution is 5.83. The lowest BCUT2D eigenvalue weighted by Crippen LogP contribution is -2.75. The summed E-state index contributed by atoms with van der Waals surface area (Å²) in [6.45, 7) is 2.82. The molecule has 3 heterocycles. The van der Waals surface area contributed by atoms with Crippen LogP contribution in [0.2, 0.25) is 0 Å². The van der Waals surface area contributed by atoms with Crippen molar-refractivity contribution in [2.75, 3.05) is 20.6 Å². The van der Waals surface area contributed by atoms with Crippen molar-refractivity contribution in [2.24, 2.45) is 5.92 Å². The smallest absolute Gasteiger partial charge is 0.229 e. The number of aromatic hydroxyl groups is 1. The van der Waals surface area contributed by atoms with Crippen LogP contribution in [-0.2, 0) is 16.6 Å².